The Kier molecular flexibility index (Phi) is 5.21. The molecule has 0 bridgehead atoms. The zero-order chi connectivity index (χ0) is 24.4. The normalized spacial score (nSPS) is 33.3. The minimum Gasteiger partial charge on any atom is -0.505 e. The van der Waals surface area contributed by atoms with Crippen molar-refractivity contribution in [3.05, 3.63) is 23.3 Å². The van der Waals surface area contributed by atoms with Gasteiger partial charge in [0.2, 0.25) is 12.3 Å². The van der Waals surface area contributed by atoms with Crippen LogP contribution >= 0.6 is 0 Å². The van der Waals surface area contributed by atoms with Crippen molar-refractivity contribution in [2.45, 2.75) is 24.5 Å². The van der Waals surface area contributed by atoms with Crippen LogP contribution in [0.4, 0.5) is 5.69 Å². The number of nitrogens with zero attached hydrogens (tertiary/aromatic N) is 1. The van der Waals surface area contributed by atoms with Gasteiger partial charge in [-0.15, -0.1) is 0 Å². The maximum absolute atomic E-state index is 13.6. The molecule has 4 rings (SSSR count). The highest BCUT2D eigenvalue weighted by atomic mass is 16.3. The molecule has 0 spiro atoms. The lowest BCUT2D eigenvalue weighted by atomic mass is 9.52. The molecule has 0 aromatic heterocycles. The number of primary amides is 1. The molecule has 1 aromatic carbocycles. The van der Waals surface area contributed by atoms with E-state index >= 15 is 0 Å². The second kappa shape index (κ2) is 7.56. The number of anilines is 1. The van der Waals surface area contributed by atoms with Gasteiger partial charge in [0.15, 0.2) is 34.7 Å². The molecule has 3 aliphatic rings. The number of hydrogen-bond donors (Lipinski definition) is 4. The van der Waals surface area contributed by atoms with Crippen molar-refractivity contribution in [3.8, 4) is 5.75 Å². The van der Waals surface area contributed by atoms with Gasteiger partial charge in [-0.3, -0.25) is 33.7 Å². The number of fused-ring (bicyclic) bond motifs is 3. The molecule has 11 nitrogen and oxygen atoms in total. The van der Waals surface area contributed by atoms with Gasteiger partial charge in [0.1, 0.15) is 5.75 Å². The van der Waals surface area contributed by atoms with Crippen LogP contribution in [0.25, 0.3) is 0 Å². The van der Waals surface area contributed by atoms with Crippen LogP contribution in [0.5, 0.6) is 5.75 Å². The fraction of sp³-hybridized carbons (Fsp3) is 0.455. The first-order chi connectivity index (χ1) is 15.5. The highest BCUT2D eigenvalue weighted by molar-refractivity contribution is 6.32. The van der Waals surface area contributed by atoms with Gasteiger partial charge in [0.05, 0.1) is 23.2 Å². The van der Waals surface area contributed by atoms with Crippen molar-refractivity contribution in [1.29, 1.82) is 0 Å². The lowest BCUT2D eigenvalue weighted by Gasteiger charge is -2.52. The second-order valence-electron chi connectivity index (χ2n) is 9.05. The van der Waals surface area contributed by atoms with Crippen LogP contribution in [0, 0.1) is 23.7 Å². The van der Waals surface area contributed by atoms with Gasteiger partial charge in [-0.05, 0) is 44.5 Å². The van der Waals surface area contributed by atoms with Gasteiger partial charge in [-0.1, -0.05) is 6.07 Å². The summed E-state index contributed by atoms with van der Waals surface area (Å²) in [5.41, 5.74) is 2.75. The lowest BCUT2D eigenvalue weighted by Crippen LogP contribution is -2.74. The minimum atomic E-state index is -2.76. The number of hydrogen-bond acceptors (Lipinski definition) is 9. The highest BCUT2D eigenvalue weighted by Crippen LogP contribution is 2.51. The summed E-state index contributed by atoms with van der Waals surface area (Å²) in [6.45, 7) is 0. The smallest absolute Gasteiger partial charge is 0.235 e. The molecule has 3 aliphatic carbocycles. The molecule has 1 aromatic rings. The standard InChI is InChI=1S/C22H23N3O8/c1-25(2)15-10-6-9-5-8-3-4-11(24-7-26)16(27)12(8)17(28)13(9)19(30)22(10,33)20(31)14(18(15)29)21(23)32/h3-4,7,9-10,13-15,27,33H,5-6H2,1-2H3,(H2,23,32)(H,24,26)/t9?,10?,13?,14?,15-,22-/m0/s1. The van der Waals surface area contributed by atoms with E-state index in [9.17, 15) is 39.0 Å². The van der Waals surface area contributed by atoms with Crippen molar-refractivity contribution >= 4 is 41.1 Å². The fourth-order valence-corrected chi connectivity index (χ4v) is 5.76. The summed E-state index contributed by atoms with van der Waals surface area (Å²) in [6, 6.07) is 1.83. The van der Waals surface area contributed by atoms with Crippen LogP contribution in [0.2, 0.25) is 0 Å². The van der Waals surface area contributed by atoms with E-state index in [2.05, 4.69) is 5.32 Å². The summed E-state index contributed by atoms with van der Waals surface area (Å²) < 4.78 is 0. The van der Waals surface area contributed by atoms with Gasteiger partial charge in [0.25, 0.3) is 0 Å². The third-order valence-corrected chi connectivity index (χ3v) is 7.15. The molecule has 4 unspecified atom stereocenters. The summed E-state index contributed by atoms with van der Waals surface area (Å²) >= 11 is 0. The SMILES string of the molecule is CN(C)[C@@H]1C(=O)C(C(N)=O)C(=O)[C@@]2(O)C(=O)C3C(=O)c4c(ccc(NC=O)c4O)CC3CC12. The van der Waals surface area contributed by atoms with E-state index in [4.69, 9.17) is 5.73 Å². The van der Waals surface area contributed by atoms with Crippen LogP contribution < -0.4 is 11.1 Å². The predicted octanol–water partition coefficient (Wildman–Crippen LogP) is -1.56. The number of likely N-dealkylation sites (N-methyl/N-ethyl adjacent to an activating group) is 1. The van der Waals surface area contributed by atoms with Crippen LogP contribution in [0.15, 0.2) is 12.1 Å². The Morgan fingerprint density at radius 1 is 1.21 bits per heavy atom. The van der Waals surface area contributed by atoms with E-state index in [1.807, 2.05) is 0 Å². The first kappa shape index (κ1) is 22.7. The molecule has 5 N–H and O–H groups in total. The molecule has 2 fully saturated rings. The van der Waals surface area contributed by atoms with Gasteiger partial charge >= 0.3 is 0 Å². The molecule has 0 heterocycles. The van der Waals surface area contributed by atoms with E-state index in [1.54, 1.807) is 6.07 Å². The minimum absolute atomic E-state index is 0.0149. The number of nitrogens with one attached hydrogen (secondary N) is 1. The number of aliphatic hydroxyl groups is 1. The molecule has 174 valence electrons. The highest BCUT2D eigenvalue weighted by Gasteiger charge is 2.69. The quantitative estimate of drug-likeness (QED) is 0.236. The van der Waals surface area contributed by atoms with Crippen molar-refractivity contribution < 1.29 is 39.0 Å². The Bertz CT molecular complexity index is 1130. The molecule has 33 heavy (non-hydrogen) atoms. The van der Waals surface area contributed by atoms with Crippen molar-refractivity contribution in [2.24, 2.45) is 29.4 Å². The topological polar surface area (TPSA) is 184 Å². The average molecular weight is 457 g/mol. The monoisotopic (exact) mass is 457 g/mol. The molecule has 0 aliphatic heterocycles. The number of nitrogens with two attached hydrogens (primary N) is 1. The zero-order valence-corrected chi connectivity index (χ0v) is 17.9. The summed E-state index contributed by atoms with van der Waals surface area (Å²) in [7, 11) is 3.04. The Morgan fingerprint density at radius 2 is 1.88 bits per heavy atom. The maximum atomic E-state index is 13.6. The summed E-state index contributed by atoms with van der Waals surface area (Å²) in [4.78, 5) is 77.2. The van der Waals surface area contributed by atoms with Crippen molar-refractivity contribution in [1.82, 2.24) is 4.90 Å². The molecule has 0 saturated heterocycles. The molecule has 2 saturated carbocycles. The van der Waals surface area contributed by atoms with E-state index in [-0.39, 0.29) is 24.1 Å². The number of rotatable bonds is 4. The van der Waals surface area contributed by atoms with Crippen LogP contribution in [0.1, 0.15) is 22.3 Å². The van der Waals surface area contributed by atoms with Crippen molar-refractivity contribution in [2.75, 3.05) is 19.4 Å². The Balaban J connectivity index is 1.85. The number of phenols is 1. The number of benzene rings is 1. The third kappa shape index (κ3) is 2.96. The summed E-state index contributed by atoms with van der Waals surface area (Å²) in [5, 5.41) is 24.2. The van der Waals surface area contributed by atoms with Crippen molar-refractivity contribution in [3.63, 3.8) is 0 Å². The molecule has 2 amide bonds. The average Bonchev–Trinajstić information content (AvgIpc) is 2.72. The number of aromatic hydroxyl groups is 1. The second-order valence-corrected chi connectivity index (χ2v) is 9.05. The summed E-state index contributed by atoms with van der Waals surface area (Å²) in [5.74, 6) is -11.1. The molecule has 0 radical (unpaired) electrons. The maximum Gasteiger partial charge on any atom is 0.235 e. The van der Waals surface area contributed by atoms with Gasteiger partial charge < -0.3 is 21.3 Å². The molecule has 11 heteroatoms. The van der Waals surface area contributed by atoms with Gasteiger partial charge in [0, 0.05) is 5.92 Å². The number of carbonyl (C=O) groups excluding carboxylic acids is 6. The van der Waals surface area contributed by atoms with E-state index in [0.717, 1.165) is 0 Å². The predicted molar refractivity (Wildman–Crippen MR) is 111 cm³/mol. The molecular formula is C22H23N3O8. The summed E-state index contributed by atoms with van der Waals surface area (Å²) in [6.07, 6.45) is 0.472. The van der Waals surface area contributed by atoms with Crippen LogP contribution in [-0.4, -0.2) is 76.3 Å². The van der Waals surface area contributed by atoms with Gasteiger partial charge in [-0.25, -0.2) is 0 Å². The van der Waals surface area contributed by atoms with E-state index in [1.165, 1.54) is 25.1 Å². The first-order valence-electron chi connectivity index (χ1n) is 10.4. The first-order valence-corrected chi connectivity index (χ1v) is 10.4. The number of carbonyl (C=O) groups is 6. The number of Topliss-reactive ketones (excluding diaryl/α,β-unsaturated/α-hetero) is 4. The largest absolute Gasteiger partial charge is 0.505 e. The Labute approximate surface area is 187 Å². The van der Waals surface area contributed by atoms with Crippen LogP contribution in [-0.2, 0) is 30.4 Å². The van der Waals surface area contributed by atoms with Gasteiger partial charge in [-0.2, -0.15) is 0 Å². The molecule has 6 atom stereocenters. The van der Waals surface area contributed by atoms with E-state index in [0.29, 0.717) is 12.0 Å². The lowest BCUT2D eigenvalue weighted by molar-refractivity contribution is -0.181. The Morgan fingerprint density at radius 3 is 2.45 bits per heavy atom. The number of ketones is 4. The number of phenolic OH excluding ortho intramolecular Hbond substituents is 1. The van der Waals surface area contributed by atoms with E-state index < -0.39 is 70.1 Å². The number of amides is 2. The zero-order valence-electron chi connectivity index (χ0n) is 17.9. The fourth-order valence-electron chi connectivity index (χ4n) is 5.76. The molecular weight excluding hydrogens is 434 g/mol. The third-order valence-electron chi connectivity index (χ3n) is 7.15. The van der Waals surface area contributed by atoms with Crippen LogP contribution in [0.3, 0.4) is 0 Å². The Hall–Kier alpha value is -3.44.